The van der Waals surface area contributed by atoms with Crippen LogP contribution in [0.3, 0.4) is 0 Å². The zero-order valence-corrected chi connectivity index (χ0v) is 12.7. The predicted octanol–water partition coefficient (Wildman–Crippen LogP) is 1.23. The zero-order chi connectivity index (χ0) is 14.8. The highest BCUT2D eigenvalue weighted by molar-refractivity contribution is 7.09. The summed E-state index contributed by atoms with van der Waals surface area (Å²) in [7, 11) is 0. The Labute approximate surface area is 127 Å². The fourth-order valence-corrected chi connectivity index (χ4v) is 3.13. The number of aliphatic hydroxyl groups excluding tert-OH is 1. The minimum atomic E-state index is -0.455. The number of aromatic nitrogens is 3. The third-order valence-electron chi connectivity index (χ3n) is 3.86. The van der Waals surface area contributed by atoms with Crippen LogP contribution in [0.5, 0.6) is 0 Å². The number of nitrogens with zero attached hydrogens (tertiary/aromatic N) is 4. The molecule has 7 heteroatoms. The molecule has 0 aromatic carbocycles. The second kappa shape index (κ2) is 5.95. The highest BCUT2D eigenvalue weighted by Gasteiger charge is 2.29. The monoisotopic (exact) mass is 306 g/mol. The molecule has 1 aliphatic heterocycles. The topological polar surface area (TPSA) is 71.2 Å². The molecular weight excluding hydrogens is 288 g/mol. The molecule has 112 valence electrons. The van der Waals surface area contributed by atoms with E-state index in [4.69, 9.17) is 0 Å². The van der Waals surface area contributed by atoms with Crippen LogP contribution in [0.15, 0.2) is 23.7 Å². The van der Waals surface area contributed by atoms with Crippen molar-refractivity contribution in [3.05, 3.63) is 34.3 Å². The van der Waals surface area contributed by atoms with Gasteiger partial charge in [0.15, 0.2) is 5.69 Å². The Morgan fingerprint density at radius 2 is 2.43 bits per heavy atom. The van der Waals surface area contributed by atoms with E-state index in [-0.39, 0.29) is 11.8 Å². The summed E-state index contributed by atoms with van der Waals surface area (Å²) in [5.41, 5.74) is 0.341. The summed E-state index contributed by atoms with van der Waals surface area (Å²) < 4.78 is 1.67. The summed E-state index contributed by atoms with van der Waals surface area (Å²) in [6, 6.07) is 4.01. The fourth-order valence-electron chi connectivity index (χ4n) is 2.43. The molecule has 2 atom stereocenters. The van der Waals surface area contributed by atoms with Crippen LogP contribution in [0.25, 0.3) is 0 Å². The summed E-state index contributed by atoms with van der Waals surface area (Å²) in [5, 5.41) is 19.9. The Kier molecular flexibility index (Phi) is 4.03. The van der Waals surface area contributed by atoms with Crippen LogP contribution in [0.2, 0.25) is 0 Å². The smallest absolute Gasteiger partial charge is 0.276 e. The Bertz CT molecular complexity index is 610. The summed E-state index contributed by atoms with van der Waals surface area (Å²) in [6.45, 7) is 3.66. The third-order valence-corrected chi connectivity index (χ3v) is 4.72. The normalized spacial score (nSPS) is 22.5. The third kappa shape index (κ3) is 3.14. The van der Waals surface area contributed by atoms with Crippen LogP contribution in [-0.4, -0.2) is 50.1 Å². The molecular formula is C14H18N4O2S. The summed E-state index contributed by atoms with van der Waals surface area (Å²) in [5.74, 6) is 0.0851. The molecule has 0 saturated carbocycles. The number of amides is 1. The van der Waals surface area contributed by atoms with Crippen molar-refractivity contribution in [3.63, 3.8) is 0 Å². The minimum absolute atomic E-state index is 0.154. The molecule has 1 amide bonds. The molecule has 2 aromatic heterocycles. The lowest BCUT2D eigenvalue weighted by Gasteiger charge is -2.33. The van der Waals surface area contributed by atoms with E-state index in [0.29, 0.717) is 25.3 Å². The molecule has 1 saturated heterocycles. The molecule has 2 aromatic rings. The second-order valence-electron chi connectivity index (χ2n) is 5.47. The first-order valence-electron chi connectivity index (χ1n) is 7.03. The standard InChI is InChI=1S/C14H18N4O2S/c1-10-4-5-17(9-13(10)19)14(20)12-8-18(16-15-12)7-11-3-2-6-21-11/h2-3,6,8,10,13,19H,4-5,7,9H2,1H3. The first kappa shape index (κ1) is 14.2. The van der Waals surface area contributed by atoms with Gasteiger partial charge in [0.05, 0.1) is 18.8 Å². The van der Waals surface area contributed by atoms with Gasteiger partial charge < -0.3 is 10.0 Å². The molecule has 1 N–H and O–H groups in total. The van der Waals surface area contributed by atoms with Gasteiger partial charge >= 0.3 is 0 Å². The van der Waals surface area contributed by atoms with Crippen LogP contribution in [0.1, 0.15) is 28.7 Å². The van der Waals surface area contributed by atoms with Crippen LogP contribution in [-0.2, 0) is 6.54 Å². The summed E-state index contributed by atoms with van der Waals surface area (Å²) in [6.07, 6.45) is 2.03. The number of thiophene rings is 1. The molecule has 0 aliphatic carbocycles. The first-order chi connectivity index (χ1) is 10.1. The number of carbonyl (C=O) groups excluding carboxylic acids is 1. The Hall–Kier alpha value is -1.73. The molecule has 0 bridgehead atoms. The number of hydrogen-bond donors (Lipinski definition) is 1. The van der Waals surface area contributed by atoms with Gasteiger partial charge in [-0.3, -0.25) is 4.79 Å². The number of likely N-dealkylation sites (tertiary alicyclic amines) is 1. The van der Waals surface area contributed by atoms with Crippen molar-refractivity contribution in [2.75, 3.05) is 13.1 Å². The number of carbonyl (C=O) groups is 1. The van der Waals surface area contributed by atoms with Gasteiger partial charge in [-0.2, -0.15) is 0 Å². The lowest BCUT2D eigenvalue weighted by molar-refractivity contribution is 0.0245. The molecule has 3 heterocycles. The van der Waals surface area contributed by atoms with E-state index >= 15 is 0 Å². The lowest BCUT2D eigenvalue weighted by atomic mass is 9.96. The van der Waals surface area contributed by atoms with Gasteiger partial charge in [-0.25, -0.2) is 4.68 Å². The van der Waals surface area contributed by atoms with Gasteiger partial charge in [0.25, 0.3) is 5.91 Å². The molecule has 0 radical (unpaired) electrons. The molecule has 6 nitrogen and oxygen atoms in total. The largest absolute Gasteiger partial charge is 0.391 e. The molecule has 0 spiro atoms. The van der Waals surface area contributed by atoms with Gasteiger partial charge in [0.1, 0.15) is 0 Å². The van der Waals surface area contributed by atoms with Gasteiger partial charge in [-0.05, 0) is 23.8 Å². The number of hydrogen-bond acceptors (Lipinski definition) is 5. The second-order valence-corrected chi connectivity index (χ2v) is 6.50. The Balaban J connectivity index is 1.67. The van der Waals surface area contributed by atoms with Gasteiger partial charge in [0, 0.05) is 18.0 Å². The fraction of sp³-hybridized carbons (Fsp3) is 0.500. The van der Waals surface area contributed by atoms with Crippen LogP contribution < -0.4 is 0 Å². The van der Waals surface area contributed by atoms with Crippen LogP contribution in [0, 0.1) is 5.92 Å². The maximum Gasteiger partial charge on any atom is 0.276 e. The molecule has 2 unspecified atom stereocenters. The predicted molar refractivity (Wildman–Crippen MR) is 79.1 cm³/mol. The van der Waals surface area contributed by atoms with Gasteiger partial charge in [-0.1, -0.05) is 18.2 Å². The van der Waals surface area contributed by atoms with E-state index in [9.17, 15) is 9.90 Å². The molecule has 1 aliphatic rings. The highest BCUT2D eigenvalue weighted by atomic mass is 32.1. The quantitative estimate of drug-likeness (QED) is 0.926. The zero-order valence-electron chi connectivity index (χ0n) is 11.8. The van der Waals surface area contributed by atoms with Crippen molar-refractivity contribution in [1.29, 1.82) is 0 Å². The Morgan fingerprint density at radius 3 is 3.14 bits per heavy atom. The van der Waals surface area contributed by atoms with Crippen molar-refractivity contribution in [2.45, 2.75) is 26.0 Å². The van der Waals surface area contributed by atoms with Crippen molar-refractivity contribution in [3.8, 4) is 0 Å². The van der Waals surface area contributed by atoms with Crippen molar-refractivity contribution < 1.29 is 9.90 Å². The van der Waals surface area contributed by atoms with Crippen LogP contribution >= 0.6 is 11.3 Å². The van der Waals surface area contributed by atoms with Gasteiger partial charge in [0.2, 0.25) is 0 Å². The maximum absolute atomic E-state index is 12.4. The van der Waals surface area contributed by atoms with E-state index in [1.165, 1.54) is 4.88 Å². The summed E-state index contributed by atoms with van der Waals surface area (Å²) >= 11 is 1.65. The average molecular weight is 306 g/mol. The highest BCUT2D eigenvalue weighted by Crippen LogP contribution is 2.18. The molecule has 1 fully saturated rings. The summed E-state index contributed by atoms with van der Waals surface area (Å²) in [4.78, 5) is 15.2. The lowest BCUT2D eigenvalue weighted by Crippen LogP contribution is -2.45. The van der Waals surface area contributed by atoms with Gasteiger partial charge in [-0.15, -0.1) is 16.4 Å². The Morgan fingerprint density at radius 1 is 1.57 bits per heavy atom. The van der Waals surface area contributed by atoms with E-state index in [1.807, 2.05) is 24.4 Å². The molecule has 21 heavy (non-hydrogen) atoms. The van der Waals surface area contributed by atoms with Crippen molar-refractivity contribution in [1.82, 2.24) is 19.9 Å². The number of β-amino-alcohol motifs (C(OH)–C–C–N with tert-alkyl or cyclic N) is 1. The van der Waals surface area contributed by atoms with E-state index in [1.54, 1.807) is 27.1 Å². The molecule has 3 rings (SSSR count). The number of piperidine rings is 1. The number of aliphatic hydroxyl groups is 1. The SMILES string of the molecule is CC1CCN(C(=O)c2cn(Cc3cccs3)nn2)CC1O. The maximum atomic E-state index is 12.4. The number of rotatable bonds is 3. The average Bonchev–Trinajstić information content (AvgIpc) is 3.13. The minimum Gasteiger partial charge on any atom is -0.391 e. The van der Waals surface area contributed by atoms with E-state index in [2.05, 4.69) is 10.3 Å². The first-order valence-corrected chi connectivity index (χ1v) is 7.91. The van der Waals surface area contributed by atoms with Crippen molar-refractivity contribution in [2.24, 2.45) is 5.92 Å². The van der Waals surface area contributed by atoms with E-state index < -0.39 is 6.10 Å². The van der Waals surface area contributed by atoms with Crippen LogP contribution in [0.4, 0.5) is 0 Å². The van der Waals surface area contributed by atoms with Crippen molar-refractivity contribution >= 4 is 17.2 Å². The van der Waals surface area contributed by atoms with E-state index in [0.717, 1.165) is 6.42 Å².